The molecule has 0 bridgehead atoms. The normalized spacial score (nSPS) is 24.4. The van der Waals surface area contributed by atoms with E-state index in [0.29, 0.717) is 12.0 Å². The summed E-state index contributed by atoms with van der Waals surface area (Å²) in [5.74, 6) is -1.24. The third kappa shape index (κ3) is 3.25. The van der Waals surface area contributed by atoms with Gasteiger partial charge in [-0.1, -0.05) is 0 Å². The van der Waals surface area contributed by atoms with Crippen LogP contribution in [0.2, 0.25) is 0 Å². The summed E-state index contributed by atoms with van der Waals surface area (Å²) in [4.78, 5) is 36.0. The molecule has 0 spiro atoms. The Hall–Kier alpha value is -1.85. The molecule has 6 heteroatoms. The van der Waals surface area contributed by atoms with Gasteiger partial charge in [-0.25, -0.2) is 4.79 Å². The summed E-state index contributed by atoms with van der Waals surface area (Å²) in [7, 11) is 0. The zero-order valence-electron chi connectivity index (χ0n) is 12.4. The molecule has 21 heavy (non-hydrogen) atoms. The highest BCUT2D eigenvalue weighted by atomic mass is 16.5. The van der Waals surface area contributed by atoms with Crippen molar-refractivity contribution in [3.05, 3.63) is 11.3 Å². The molecule has 1 N–H and O–H groups in total. The van der Waals surface area contributed by atoms with Gasteiger partial charge in [-0.3, -0.25) is 9.59 Å². The molecule has 2 rings (SSSR count). The molecular formula is C15H21NO5. The highest BCUT2D eigenvalue weighted by Crippen LogP contribution is 2.36. The van der Waals surface area contributed by atoms with E-state index < -0.39 is 17.9 Å². The van der Waals surface area contributed by atoms with E-state index in [1.807, 2.05) is 0 Å². The van der Waals surface area contributed by atoms with Crippen LogP contribution in [0.1, 0.15) is 39.5 Å². The first-order chi connectivity index (χ1) is 10.1. The van der Waals surface area contributed by atoms with Crippen molar-refractivity contribution in [1.82, 2.24) is 5.32 Å². The number of esters is 2. The van der Waals surface area contributed by atoms with Crippen LogP contribution >= 0.6 is 0 Å². The third-order valence-electron chi connectivity index (χ3n) is 3.83. The van der Waals surface area contributed by atoms with E-state index >= 15 is 0 Å². The molecule has 0 radical (unpaired) electrons. The lowest BCUT2D eigenvalue weighted by Gasteiger charge is -2.25. The summed E-state index contributed by atoms with van der Waals surface area (Å²) in [6.45, 7) is 3.97. The summed E-state index contributed by atoms with van der Waals surface area (Å²) < 4.78 is 9.96. The molecule has 1 heterocycles. The van der Waals surface area contributed by atoms with Crippen molar-refractivity contribution in [1.29, 1.82) is 0 Å². The van der Waals surface area contributed by atoms with Gasteiger partial charge in [0.15, 0.2) is 0 Å². The minimum Gasteiger partial charge on any atom is -0.466 e. The van der Waals surface area contributed by atoms with E-state index in [0.717, 1.165) is 12.8 Å². The number of ether oxygens (including phenoxy) is 2. The SMILES string of the molecule is CCOC(=O)CC1=C(C(=O)OCC)NC2CCCC(=O)C12. The summed E-state index contributed by atoms with van der Waals surface area (Å²) in [6, 6.07) is -0.102. The second-order valence-electron chi connectivity index (χ2n) is 5.19. The zero-order chi connectivity index (χ0) is 15.4. The highest BCUT2D eigenvalue weighted by molar-refractivity contribution is 5.96. The van der Waals surface area contributed by atoms with Crippen LogP contribution in [0.3, 0.4) is 0 Å². The molecule has 0 amide bonds. The van der Waals surface area contributed by atoms with Crippen LogP contribution in [0.5, 0.6) is 0 Å². The van der Waals surface area contributed by atoms with Gasteiger partial charge in [0.1, 0.15) is 11.5 Å². The molecule has 0 saturated heterocycles. The summed E-state index contributed by atoms with van der Waals surface area (Å²) in [6.07, 6.45) is 2.06. The number of rotatable bonds is 5. The molecular weight excluding hydrogens is 274 g/mol. The minimum atomic E-state index is -0.501. The molecule has 0 aromatic rings. The van der Waals surface area contributed by atoms with Gasteiger partial charge in [0.25, 0.3) is 0 Å². The molecule has 1 saturated carbocycles. The Bertz CT molecular complexity index is 482. The largest absolute Gasteiger partial charge is 0.466 e. The van der Waals surface area contributed by atoms with Crippen LogP contribution in [0.25, 0.3) is 0 Å². The number of ketones is 1. The molecule has 6 nitrogen and oxygen atoms in total. The number of nitrogens with one attached hydrogen (secondary N) is 1. The number of hydrogen-bond donors (Lipinski definition) is 1. The lowest BCUT2D eigenvalue weighted by Crippen LogP contribution is -2.38. The standard InChI is InChI=1S/C15H21NO5/c1-3-20-12(18)8-9-13-10(6-5-7-11(13)17)16-14(9)15(19)21-4-2/h10,13,16H,3-8H2,1-2H3. The molecule has 0 aromatic carbocycles. The predicted molar refractivity (Wildman–Crippen MR) is 74.2 cm³/mol. The van der Waals surface area contributed by atoms with Gasteiger partial charge < -0.3 is 14.8 Å². The fraction of sp³-hybridized carbons (Fsp3) is 0.667. The maximum absolute atomic E-state index is 12.2. The topological polar surface area (TPSA) is 81.7 Å². The van der Waals surface area contributed by atoms with Crippen LogP contribution in [0.4, 0.5) is 0 Å². The van der Waals surface area contributed by atoms with Gasteiger partial charge in [0.05, 0.1) is 25.6 Å². The van der Waals surface area contributed by atoms with Crippen LogP contribution in [-0.4, -0.2) is 37.0 Å². The van der Waals surface area contributed by atoms with E-state index in [9.17, 15) is 14.4 Å². The van der Waals surface area contributed by atoms with Gasteiger partial charge in [-0.15, -0.1) is 0 Å². The molecule has 2 atom stereocenters. The number of carbonyl (C=O) groups is 3. The number of hydrogen-bond acceptors (Lipinski definition) is 6. The summed E-state index contributed by atoms with van der Waals surface area (Å²) in [5, 5.41) is 3.08. The Morgan fingerprint density at radius 1 is 1.24 bits per heavy atom. The van der Waals surface area contributed by atoms with Crippen LogP contribution in [0.15, 0.2) is 11.3 Å². The Kier molecular flexibility index (Phi) is 4.98. The first-order valence-electron chi connectivity index (χ1n) is 7.43. The number of carbonyl (C=O) groups excluding carboxylic acids is 3. The number of fused-ring (bicyclic) bond motifs is 1. The Balaban J connectivity index is 2.27. The molecule has 0 aromatic heterocycles. The van der Waals surface area contributed by atoms with Gasteiger partial charge in [0, 0.05) is 12.5 Å². The maximum Gasteiger partial charge on any atom is 0.354 e. The Morgan fingerprint density at radius 3 is 2.62 bits per heavy atom. The number of Topliss-reactive ketones (excluding diaryl/α,β-unsaturated/α-hetero) is 1. The lowest BCUT2D eigenvalue weighted by atomic mass is 9.80. The van der Waals surface area contributed by atoms with Crippen LogP contribution in [0, 0.1) is 5.92 Å². The van der Waals surface area contributed by atoms with Crippen molar-refractivity contribution in [3.8, 4) is 0 Å². The fourth-order valence-electron chi connectivity index (χ4n) is 3.03. The van der Waals surface area contributed by atoms with E-state index in [-0.39, 0.29) is 37.2 Å². The van der Waals surface area contributed by atoms with E-state index in [1.54, 1.807) is 13.8 Å². The smallest absolute Gasteiger partial charge is 0.354 e. The van der Waals surface area contributed by atoms with Crippen molar-refractivity contribution in [3.63, 3.8) is 0 Å². The van der Waals surface area contributed by atoms with Gasteiger partial charge in [-0.2, -0.15) is 0 Å². The molecule has 1 aliphatic carbocycles. The average molecular weight is 295 g/mol. The maximum atomic E-state index is 12.2. The zero-order valence-corrected chi connectivity index (χ0v) is 12.4. The van der Waals surface area contributed by atoms with Crippen LogP contribution in [-0.2, 0) is 23.9 Å². The first-order valence-corrected chi connectivity index (χ1v) is 7.43. The monoisotopic (exact) mass is 295 g/mol. The van der Waals surface area contributed by atoms with E-state index in [2.05, 4.69) is 5.32 Å². The molecule has 2 aliphatic rings. The fourth-order valence-corrected chi connectivity index (χ4v) is 3.03. The van der Waals surface area contributed by atoms with Crippen LogP contribution < -0.4 is 5.32 Å². The highest BCUT2D eigenvalue weighted by Gasteiger charge is 2.44. The summed E-state index contributed by atoms with van der Waals surface area (Å²) in [5.41, 5.74) is 0.803. The Labute approximate surface area is 123 Å². The van der Waals surface area contributed by atoms with E-state index in [1.165, 1.54) is 0 Å². The second-order valence-corrected chi connectivity index (χ2v) is 5.19. The predicted octanol–water partition coefficient (Wildman–Crippen LogP) is 1.10. The third-order valence-corrected chi connectivity index (χ3v) is 3.83. The van der Waals surface area contributed by atoms with E-state index in [4.69, 9.17) is 9.47 Å². The van der Waals surface area contributed by atoms with Gasteiger partial charge in [0.2, 0.25) is 0 Å². The summed E-state index contributed by atoms with van der Waals surface area (Å²) >= 11 is 0. The lowest BCUT2D eigenvalue weighted by molar-refractivity contribution is -0.142. The quantitative estimate of drug-likeness (QED) is 0.765. The van der Waals surface area contributed by atoms with Crippen molar-refractivity contribution < 1.29 is 23.9 Å². The molecule has 1 aliphatic heterocycles. The van der Waals surface area contributed by atoms with Crippen molar-refractivity contribution in [2.45, 2.75) is 45.6 Å². The van der Waals surface area contributed by atoms with Crippen molar-refractivity contribution in [2.24, 2.45) is 5.92 Å². The Morgan fingerprint density at radius 2 is 1.95 bits per heavy atom. The van der Waals surface area contributed by atoms with Crippen molar-refractivity contribution in [2.75, 3.05) is 13.2 Å². The first kappa shape index (κ1) is 15.5. The molecule has 116 valence electrons. The van der Waals surface area contributed by atoms with Gasteiger partial charge in [-0.05, 0) is 32.3 Å². The van der Waals surface area contributed by atoms with Gasteiger partial charge >= 0.3 is 11.9 Å². The molecule has 1 fully saturated rings. The second kappa shape index (κ2) is 6.74. The van der Waals surface area contributed by atoms with Crippen molar-refractivity contribution >= 4 is 17.7 Å². The average Bonchev–Trinajstić information content (AvgIpc) is 2.79. The molecule has 2 unspecified atom stereocenters. The minimum absolute atomic E-state index is 0.0398.